The Bertz CT molecular complexity index is 703. The summed E-state index contributed by atoms with van der Waals surface area (Å²) in [5.41, 5.74) is 0.119. The van der Waals surface area contributed by atoms with E-state index in [1.807, 2.05) is 0 Å². The van der Waals surface area contributed by atoms with Gasteiger partial charge in [0.25, 0.3) is 10.2 Å². The number of piperidine rings is 1. The summed E-state index contributed by atoms with van der Waals surface area (Å²) in [5.74, 6) is -1.46. The van der Waals surface area contributed by atoms with Crippen molar-refractivity contribution >= 4 is 27.8 Å². The van der Waals surface area contributed by atoms with Gasteiger partial charge in [0, 0.05) is 43.3 Å². The van der Waals surface area contributed by atoms with Crippen LogP contribution >= 0.6 is 11.6 Å². The van der Waals surface area contributed by atoms with E-state index >= 15 is 0 Å². The van der Waals surface area contributed by atoms with Gasteiger partial charge in [0.15, 0.2) is 0 Å². The van der Waals surface area contributed by atoms with Crippen molar-refractivity contribution in [3.63, 3.8) is 0 Å². The van der Waals surface area contributed by atoms with Crippen LogP contribution in [0.1, 0.15) is 18.4 Å². The molecule has 0 spiro atoms. The van der Waals surface area contributed by atoms with Crippen molar-refractivity contribution in [3.05, 3.63) is 34.6 Å². The molecule has 1 heterocycles. The lowest BCUT2D eigenvalue weighted by Crippen LogP contribution is -2.49. The van der Waals surface area contributed by atoms with E-state index in [0.29, 0.717) is 25.9 Å². The quantitative estimate of drug-likeness (QED) is 0.728. The van der Waals surface area contributed by atoms with Crippen LogP contribution < -0.4 is 4.72 Å². The Morgan fingerprint density at radius 3 is 2.64 bits per heavy atom. The largest absolute Gasteiger partial charge is 0.480 e. The number of likely N-dealkylation sites (tertiary alicyclic amines) is 1. The molecule has 1 saturated heterocycles. The molecule has 1 aromatic carbocycles. The third-order valence-corrected chi connectivity index (χ3v) is 6.05. The minimum atomic E-state index is -3.81. The number of carboxylic acids is 1. The first-order valence-corrected chi connectivity index (χ1v) is 9.61. The first kappa shape index (κ1) is 20.1. The zero-order chi connectivity index (χ0) is 18.6. The van der Waals surface area contributed by atoms with Gasteiger partial charge in [-0.2, -0.15) is 17.4 Å². The average Bonchev–Trinajstić information content (AvgIpc) is 2.52. The van der Waals surface area contributed by atoms with Crippen molar-refractivity contribution in [1.82, 2.24) is 13.9 Å². The normalized spacial score (nSPS) is 17.1. The Morgan fingerprint density at radius 1 is 1.44 bits per heavy atom. The van der Waals surface area contributed by atoms with E-state index in [9.17, 15) is 17.6 Å². The lowest BCUT2D eigenvalue weighted by Gasteiger charge is -2.32. The molecular formula is C15H21ClFN3O4S. The Kier molecular flexibility index (Phi) is 6.75. The van der Waals surface area contributed by atoms with Crippen LogP contribution in [0.4, 0.5) is 4.39 Å². The van der Waals surface area contributed by atoms with Crippen molar-refractivity contribution in [2.24, 2.45) is 0 Å². The first-order chi connectivity index (χ1) is 11.7. The summed E-state index contributed by atoms with van der Waals surface area (Å²) in [5, 5.41) is 8.94. The average molecular weight is 394 g/mol. The molecule has 7 nitrogen and oxygen atoms in total. The van der Waals surface area contributed by atoms with Crippen LogP contribution in [0.3, 0.4) is 0 Å². The van der Waals surface area contributed by atoms with Gasteiger partial charge in [-0.15, -0.1) is 0 Å². The third-order valence-electron chi connectivity index (χ3n) is 4.11. The van der Waals surface area contributed by atoms with Gasteiger partial charge in [-0.1, -0.05) is 17.7 Å². The highest BCUT2D eigenvalue weighted by atomic mass is 35.5. The molecule has 2 rings (SSSR count). The molecule has 1 fully saturated rings. The molecule has 0 amide bonds. The predicted molar refractivity (Wildman–Crippen MR) is 92.0 cm³/mol. The van der Waals surface area contributed by atoms with E-state index in [1.54, 1.807) is 4.90 Å². The second kappa shape index (κ2) is 8.41. The second-order valence-corrected chi connectivity index (χ2v) is 8.24. The SMILES string of the molecule is CN(Cc1c(F)cccc1Cl)S(=O)(=O)NC1CCN(CC(=O)O)CC1. The molecule has 0 aliphatic carbocycles. The molecule has 0 atom stereocenters. The van der Waals surface area contributed by atoms with Crippen LogP contribution in [0.5, 0.6) is 0 Å². The molecule has 1 aromatic rings. The Balaban J connectivity index is 1.94. The van der Waals surface area contributed by atoms with Gasteiger partial charge in [-0.05, 0) is 25.0 Å². The number of halogens is 2. The Labute approximate surface area is 151 Å². The predicted octanol–water partition coefficient (Wildman–Crippen LogP) is 1.29. The number of hydrogen-bond donors (Lipinski definition) is 2. The molecule has 2 N–H and O–H groups in total. The maximum atomic E-state index is 13.8. The van der Waals surface area contributed by atoms with E-state index < -0.39 is 22.0 Å². The smallest absolute Gasteiger partial charge is 0.317 e. The van der Waals surface area contributed by atoms with Crippen LogP contribution in [0.15, 0.2) is 18.2 Å². The molecule has 0 saturated carbocycles. The summed E-state index contributed by atoms with van der Waals surface area (Å²) in [6.07, 6.45) is 1.03. The summed E-state index contributed by atoms with van der Waals surface area (Å²) >= 11 is 5.94. The molecule has 25 heavy (non-hydrogen) atoms. The molecule has 0 bridgehead atoms. The van der Waals surface area contributed by atoms with Gasteiger partial charge in [0.1, 0.15) is 5.82 Å². The standard InChI is InChI=1S/C15H21ClFN3O4S/c1-19(9-12-13(16)3-2-4-14(12)17)25(23,24)18-11-5-7-20(8-6-11)10-15(21)22/h2-4,11,18H,5-10H2,1H3,(H,21,22). The number of aliphatic carboxylic acids is 1. The summed E-state index contributed by atoms with van der Waals surface area (Å²) in [4.78, 5) is 12.5. The number of hydrogen-bond acceptors (Lipinski definition) is 4. The van der Waals surface area contributed by atoms with Gasteiger partial charge in [-0.3, -0.25) is 9.69 Å². The number of rotatable bonds is 7. The Morgan fingerprint density at radius 2 is 2.08 bits per heavy atom. The van der Waals surface area contributed by atoms with Crippen LogP contribution in [0.2, 0.25) is 5.02 Å². The maximum absolute atomic E-state index is 13.8. The van der Waals surface area contributed by atoms with Crippen molar-refractivity contribution in [2.75, 3.05) is 26.7 Å². The highest BCUT2D eigenvalue weighted by Crippen LogP contribution is 2.21. The molecule has 140 valence electrons. The van der Waals surface area contributed by atoms with E-state index in [4.69, 9.17) is 16.7 Å². The fraction of sp³-hybridized carbons (Fsp3) is 0.533. The van der Waals surface area contributed by atoms with Crippen LogP contribution in [-0.4, -0.2) is 61.4 Å². The summed E-state index contributed by atoms with van der Waals surface area (Å²) in [6, 6.07) is 3.91. The molecule has 0 aromatic heterocycles. The minimum absolute atomic E-state index is 0.0504. The van der Waals surface area contributed by atoms with Gasteiger partial charge in [0.2, 0.25) is 0 Å². The van der Waals surface area contributed by atoms with Gasteiger partial charge < -0.3 is 5.11 Å². The van der Waals surface area contributed by atoms with E-state index in [2.05, 4.69) is 4.72 Å². The highest BCUT2D eigenvalue weighted by Gasteiger charge is 2.27. The van der Waals surface area contributed by atoms with Gasteiger partial charge in [0.05, 0.1) is 6.54 Å². The van der Waals surface area contributed by atoms with Crippen molar-refractivity contribution in [1.29, 1.82) is 0 Å². The highest BCUT2D eigenvalue weighted by molar-refractivity contribution is 7.87. The third kappa shape index (κ3) is 5.61. The monoisotopic (exact) mass is 393 g/mol. The van der Waals surface area contributed by atoms with Crippen LogP contribution in [0, 0.1) is 5.82 Å². The number of benzene rings is 1. The summed E-state index contributed by atoms with van der Waals surface area (Å²) in [7, 11) is -2.46. The van der Waals surface area contributed by atoms with Gasteiger partial charge in [-0.25, -0.2) is 4.39 Å². The lowest BCUT2D eigenvalue weighted by molar-refractivity contribution is -0.138. The molecule has 0 radical (unpaired) electrons. The van der Waals surface area contributed by atoms with Crippen LogP contribution in [-0.2, 0) is 21.5 Å². The zero-order valence-electron chi connectivity index (χ0n) is 13.8. The van der Waals surface area contributed by atoms with Crippen molar-refractivity contribution in [2.45, 2.75) is 25.4 Å². The fourth-order valence-electron chi connectivity index (χ4n) is 2.69. The molecule has 1 aliphatic heterocycles. The molecular weight excluding hydrogens is 373 g/mol. The number of carbonyl (C=O) groups is 1. The van der Waals surface area contributed by atoms with Crippen LogP contribution in [0.25, 0.3) is 0 Å². The first-order valence-electron chi connectivity index (χ1n) is 7.79. The lowest BCUT2D eigenvalue weighted by atomic mass is 10.1. The molecule has 0 unspecified atom stereocenters. The van der Waals surface area contributed by atoms with Crippen molar-refractivity contribution < 1.29 is 22.7 Å². The number of nitrogens with one attached hydrogen (secondary N) is 1. The topological polar surface area (TPSA) is 90.0 Å². The van der Waals surface area contributed by atoms with Gasteiger partial charge >= 0.3 is 5.97 Å². The fourth-order valence-corrected chi connectivity index (χ4v) is 4.05. The van der Waals surface area contributed by atoms with Crippen molar-refractivity contribution in [3.8, 4) is 0 Å². The van der Waals surface area contributed by atoms with E-state index in [1.165, 1.54) is 25.2 Å². The van der Waals surface area contributed by atoms with E-state index in [-0.39, 0.29) is 29.7 Å². The summed E-state index contributed by atoms with van der Waals surface area (Å²) in [6.45, 7) is 0.772. The second-order valence-electron chi connectivity index (χ2n) is 6.02. The molecule has 10 heteroatoms. The Hall–Kier alpha value is -1.26. The number of carboxylic acid groups (broad SMARTS) is 1. The van der Waals surface area contributed by atoms with E-state index in [0.717, 1.165) is 4.31 Å². The summed E-state index contributed by atoms with van der Waals surface area (Å²) < 4.78 is 42.3. The maximum Gasteiger partial charge on any atom is 0.317 e. The minimum Gasteiger partial charge on any atom is -0.480 e. The zero-order valence-corrected chi connectivity index (χ0v) is 15.4. The number of nitrogens with zero attached hydrogens (tertiary/aromatic N) is 2. The molecule has 1 aliphatic rings.